The van der Waals surface area contributed by atoms with Crippen LogP contribution in [0.25, 0.3) is 0 Å². The van der Waals surface area contributed by atoms with E-state index >= 15 is 0 Å². The van der Waals surface area contributed by atoms with Crippen LogP contribution in [0.1, 0.15) is 50.1 Å². The van der Waals surface area contributed by atoms with Gasteiger partial charge in [-0.3, -0.25) is 9.89 Å². The van der Waals surface area contributed by atoms with Crippen LogP contribution in [-0.2, 0) is 0 Å². The van der Waals surface area contributed by atoms with Gasteiger partial charge in [0.05, 0.1) is 13.2 Å². The normalized spacial score (nSPS) is 23.5. The van der Waals surface area contributed by atoms with E-state index in [2.05, 4.69) is 38.3 Å². The number of hydrogen-bond donors (Lipinski definition) is 1. The number of methoxy groups -OCH3 is 1. The number of likely N-dealkylation sites (tertiary alicyclic amines) is 2. The minimum Gasteiger partial charge on any atom is -0.497 e. The van der Waals surface area contributed by atoms with Crippen molar-refractivity contribution in [2.24, 2.45) is 10.4 Å². The topological polar surface area (TPSA) is 40.1 Å². The lowest BCUT2D eigenvalue weighted by Crippen LogP contribution is -2.45. The Hall–Kier alpha value is -1.75. The van der Waals surface area contributed by atoms with Crippen LogP contribution in [0.3, 0.4) is 0 Å². The van der Waals surface area contributed by atoms with Crippen molar-refractivity contribution in [1.82, 2.24) is 15.1 Å². The van der Waals surface area contributed by atoms with Crippen molar-refractivity contribution in [1.29, 1.82) is 0 Å². The van der Waals surface area contributed by atoms with Crippen LogP contribution < -0.4 is 10.1 Å². The van der Waals surface area contributed by atoms with E-state index in [0.717, 1.165) is 24.8 Å². The van der Waals surface area contributed by atoms with Crippen molar-refractivity contribution in [2.75, 3.05) is 46.9 Å². The van der Waals surface area contributed by atoms with Crippen LogP contribution in [0.4, 0.5) is 0 Å². The first-order valence-electron chi connectivity index (χ1n) is 10.6. The van der Waals surface area contributed by atoms with Gasteiger partial charge in [-0.25, -0.2) is 0 Å². The summed E-state index contributed by atoms with van der Waals surface area (Å²) in [7, 11) is 3.66. The maximum atomic E-state index is 5.47. The van der Waals surface area contributed by atoms with Crippen molar-refractivity contribution in [3.63, 3.8) is 0 Å². The van der Waals surface area contributed by atoms with E-state index in [-0.39, 0.29) is 0 Å². The Bertz CT molecular complexity index is 664. The fourth-order valence-corrected chi connectivity index (χ4v) is 5.08. The number of rotatable bonds is 5. The average molecular weight is 371 g/mol. The van der Waals surface area contributed by atoms with Gasteiger partial charge in [0.2, 0.25) is 0 Å². The van der Waals surface area contributed by atoms with Gasteiger partial charge in [0, 0.05) is 26.7 Å². The van der Waals surface area contributed by atoms with E-state index < -0.39 is 0 Å². The third-order valence-electron chi connectivity index (χ3n) is 6.88. The first kappa shape index (κ1) is 18.6. The largest absolute Gasteiger partial charge is 0.497 e. The van der Waals surface area contributed by atoms with E-state index in [4.69, 9.17) is 4.74 Å². The second-order valence-electron chi connectivity index (χ2n) is 8.49. The van der Waals surface area contributed by atoms with Crippen LogP contribution in [0.15, 0.2) is 29.3 Å². The molecule has 1 atom stereocenters. The second kappa shape index (κ2) is 8.09. The molecule has 148 valence electrons. The SMILES string of the molecule is CN=C(NCC(c1cccc(OC)c1)N1CCCC1)N1CCC2(CCC2)C1. The molecule has 5 heteroatoms. The smallest absolute Gasteiger partial charge is 0.193 e. The first-order chi connectivity index (χ1) is 13.2. The second-order valence-corrected chi connectivity index (χ2v) is 8.49. The van der Waals surface area contributed by atoms with Crippen LogP contribution in [-0.4, -0.2) is 62.6 Å². The molecule has 0 aromatic heterocycles. The molecule has 1 aliphatic carbocycles. The van der Waals surface area contributed by atoms with E-state index in [0.29, 0.717) is 11.5 Å². The summed E-state index contributed by atoms with van der Waals surface area (Å²) in [6.07, 6.45) is 8.14. The van der Waals surface area contributed by atoms with Gasteiger partial charge < -0.3 is 15.0 Å². The van der Waals surface area contributed by atoms with Crippen LogP contribution in [0, 0.1) is 5.41 Å². The number of aliphatic imine (C=N–C) groups is 1. The molecule has 2 aliphatic heterocycles. The Labute approximate surface area is 163 Å². The number of guanidine groups is 1. The summed E-state index contributed by atoms with van der Waals surface area (Å²) in [5, 5.41) is 3.70. The number of benzene rings is 1. The maximum absolute atomic E-state index is 5.47. The fourth-order valence-electron chi connectivity index (χ4n) is 5.08. The Morgan fingerprint density at radius 2 is 2.00 bits per heavy atom. The van der Waals surface area contributed by atoms with Crippen LogP contribution >= 0.6 is 0 Å². The molecule has 5 nitrogen and oxygen atoms in total. The third kappa shape index (κ3) is 3.93. The molecule has 0 bridgehead atoms. The first-order valence-corrected chi connectivity index (χ1v) is 10.6. The highest BCUT2D eigenvalue weighted by Gasteiger charge is 2.43. The molecule has 3 aliphatic rings. The van der Waals surface area contributed by atoms with Gasteiger partial charge in [-0.05, 0) is 68.3 Å². The highest BCUT2D eigenvalue weighted by molar-refractivity contribution is 5.80. The lowest BCUT2D eigenvalue weighted by molar-refractivity contribution is 0.151. The van der Waals surface area contributed by atoms with Gasteiger partial charge in [0.1, 0.15) is 5.75 Å². The van der Waals surface area contributed by atoms with Gasteiger partial charge in [-0.2, -0.15) is 0 Å². The molecular weight excluding hydrogens is 336 g/mol. The van der Waals surface area contributed by atoms with E-state index in [9.17, 15) is 0 Å². The summed E-state index contributed by atoms with van der Waals surface area (Å²) < 4.78 is 5.47. The van der Waals surface area contributed by atoms with Gasteiger partial charge in [0.25, 0.3) is 0 Å². The molecule has 1 saturated carbocycles. The molecule has 1 unspecified atom stereocenters. The highest BCUT2D eigenvalue weighted by Crippen LogP contribution is 2.47. The Kier molecular flexibility index (Phi) is 5.58. The van der Waals surface area contributed by atoms with Gasteiger partial charge >= 0.3 is 0 Å². The zero-order valence-corrected chi connectivity index (χ0v) is 16.9. The Balaban J connectivity index is 1.44. The summed E-state index contributed by atoms with van der Waals surface area (Å²) >= 11 is 0. The van der Waals surface area contributed by atoms with Crippen molar-refractivity contribution in [3.8, 4) is 5.75 Å². The summed E-state index contributed by atoms with van der Waals surface area (Å²) in [5.41, 5.74) is 1.93. The molecule has 1 N–H and O–H groups in total. The molecule has 2 heterocycles. The Morgan fingerprint density at radius 3 is 2.63 bits per heavy atom. The predicted molar refractivity (Wildman–Crippen MR) is 110 cm³/mol. The quantitative estimate of drug-likeness (QED) is 0.638. The molecular formula is C22H34N4O. The number of nitrogens with zero attached hydrogens (tertiary/aromatic N) is 3. The zero-order valence-electron chi connectivity index (χ0n) is 16.9. The van der Waals surface area contributed by atoms with Crippen LogP contribution in [0.5, 0.6) is 5.75 Å². The van der Waals surface area contributed by atoms with Crippen LogP contribution in [0.2, 0.25) is 0 Å². The van der Waals surface area contributed by atoms with E-state index in [1.807, 2.05) is 13.1 Å². The molecule has 0 radical (unpaired) electrons. The van der Waals surface area contributed by atoms with Crippen molar-refractivity contribution in [3.05, 3.63) is 29.8 Å². The number of hydrogen-bond acceptors (Lipinski definition) is 3. The Morgan fingerprint density at radius 1 is 1.19 bits per heavy atom. The van der Waals surface area contributed by atoms with E-state index in [1.165, 1.54) is 63.7 Å². The molecule has 2 saturated heterocycles. The van der Waals surface area contributed by atoms with Crippen molar-refractivity contribution in [2.45, 2.75) is 44.6 Å². The highest BCUT2D eigenvalue weighted by atomic mass is 16.5. The monoisotopic (exact) mass is 370 g/mol. The number of ether oxygens (including phenoxy) is 1. The zero-order chi connectivity index (χ0) is 18.7. The van der Waals surface area contributed by atoms with E-state index in [1.54, 1.807) is 7.11 Å². The molecule has 3 fully saturated rings. The van der Waals surface area contributed by atoms with Gasteiger partial charge in [0.15, 0.2) is 5.96 Å². The van der Waals surface area contributed by atoms with Crippen molar-refractivity contribution >= 4 is 5.96 Å². The lowest BCUT2D eigenvalue weighted by atomic mass is 9.68. The standard InChI is InChI=1S/C22H34N4O/c1-23-21(26-14-11-22(17-26)9-6-10-22)24-16-20(25-12-3-4-13-25)18-7-5-8-19(15-18)27-2/h5,7-8,15,20H,3-4,6,9-14,16-17H2,1-2H3,(H,23,24). The summed E-state index contributed by atoms with van der Waals surface area (Å²) in [6.45, 7) is 5.57. The third-order valence-corrected chi connectivity index (χ3v) is 6.88. The fraction of sp³-hybridized carbons (Fsp3) is 0.682. The maximum Gasteiger partial charge on any atom is 0.193 e. The van der Waals surface area contributed by atoms with Crippen molar-refractivity contribution < 1.29 is 4.74 Å². The number of nitrogens with one attached hydrogen (secondary N) is 1. The van der Waals surface area contributed by atoms with Gasteiger partial charge in [-0.15, -0.1) is 0 Å². The lowest BCUT2D eigenvalue weighted by Gasteiger charge is -2.38. The molecule has 0 amide bonds. The molecule has 1 spiro atoms. The minimum absolute atomic E-state index is 0.361. The predicted octanol–water partition coefficient (Wildman–Crippen LogP) is 3.28. The summed E-state index contributed by atoms with van der Waals surface area (Å²) in [5.74, 6) is 2.01. The average Bonchev–Trinajstić information content (AvgIpc) is 3.35. The summed E-state index contributed by atoms with van der Waals surface area (Å²) in [4.78, 5) is 9.69. The summed E-state index contributed by atoms with van der Waals surface area (Å²) in [6, 6.07) is 8.91. The molecule has 4 rings (SSSR count). The molecule has 1 aromatic rings. The minimum atomic E-state index is 0.361. The molecule has 1 aromatic carbocycles. The van der Waals surface area contributed by atoms with Gasteiger partial charge in [-0.1, -0.05) is 18.6 Å². The molecule has 27 heavy (non-hydrogen) atoms.